The molecule has 3 rings (SSSR count). The van der Waals surface area contributed by atoms with E-state index >= 15 is 0 Å². The molecule has 0 bridgehead atoms. The summed E-state index contributed by atoms with van der Waals surface area (Å²) in [4.78, 5) is 42.0. The van der Waals surface area contributed by atoms with Gasteiger partial charge in [0, 0.05) is 49.4 Å². The third-order valence-corrected chi connectivity index (χ3v) is 5.64. The van der Waals surface area contributed by atoms with E-state index in [0.29, 0.717) is 16.5 Å². The quantitative estimate of drug-likeness (QED) is 0.412. The molecule has 0 radical (unpaired) electrons. The number of thiophene rings is 1. The second-order valence-corrected chi connectivity index (χ2v) is 8.50. The van der Waals surface area contributed by atoms with Gasteiger partial charge in [-0.05, 0) is 55.0 Å². The molecule has 0 saturated carbocycles. The number of rotatable bonds is 11. The lowest BCUT2D eigenvalue weighted by Gasteiger charge is -2.08. The van der Waals surface area contributed by atoms with Crippen LogP contribution in [0.2, 0.25) is 0 Å². The molecule has 2 aromatic heterocycles. The van der Waals surface area contributed by atoms with Crippen molar-refractivity contribution in [2.75, 3.05) is 0 Å². The maximum absolute atomic E-state index is 13.0. The van der Waals surface area contributed by atoms with Crippen LogP contribution in [0.25, 0.3) is 0 Å². The number of carbonyl (C=O) groups excluding carboxylic acids is 3. The van der Waals surface area contributed by atoms with E-state index in [4.69, 9.17) is 4.74 Å². The van der Waals surface area contributed by atoms with E-state index in [1.807, 2.05) is 13.0 Å². The van der Waals surface area contributed by atoms with Crippen molar-refractivity contribution in [1.29, 1.82) is 0 Å². The molecule has 0 unspecified atom stereocenters. The minimum Gasteiger partial charge on any atom is -0.439 e. The number of amides is 1. The number of carbonyl (C=O) groups is 3. The third-order valence-electron chi connectivity index (χ3n) is 4.60. The first-order chi connectivity index (χ1) is 15.4. The van der Waals surface area contributed by atoms with E-state index < -0.39 is 0 Å². The number of halogens is 1. The van der Waals surface area contributed by atoms with Gasteiger partial charge < -0.3 is 10.1 Å². The number of aryl methyl sites for hydroxylation is 1. The summed E-state index contributed by atoms with van der Waals surface area (Å²) in [6.07, 6.45) is 2.01. The summed E-state index contributed by atoms with van der Waals surface area (Å²) in [6.45, 7) is 2.18. The van der Waals surface area contributed by atoms with Gasteiger partial charge in [0.25, 0.3) is 0 Å². The molecule has 0 spiro atoms. The smallest absolute Gasteiger partial charge is 0.220 e. The van der Waals surface area contributed by atoms with Gasteiger partial charge in [-0.3, -0.25) is 14.4 Å². The first-order valence-corrected chi connectivity index (χ1v) is 11.0. The summed E-state index contributed by atoms with van der Waals surface area (Å²) in [5.74, 6) is 0.00849. The molecule has 166 valence electrons. The van der Waals surface area contributed by atoms with E-state index in [2.05, 4.69) is 10.3 Å². The molecule has 1 amide bonds. The Labute approximate surface area is 189 Å². The van der Waals surface area contributed by atoms with Crippen molar-refractivity contribution in [1.82, 2.24) is 10.3 Å². The number of hydrogen-bond acceptors (Lipinski definition) is 6. The van der Waals surface area contributed by atoms with E-state index in [1.54, 1.807) is 24.4 Å². The molecule has 2 heterocycles. The van der Waals surface area contributed by atoms with Crippen molar-refractivity contribution in [2.45, 2.75) is 39.2 Å². The highest BCUT2D eigenvalue weighted by Gasteiger charge is 2.12. The third kappa shape index (κ3) is 7.39. The zero-order chi connectivity index (χ0) is 22.9. The zero-order valence-corrected chi connectivity index (χ0v) is 18.4. The minimum absolute atomic E-state index is 0.0442. The summed E-state index contributed by atoms with van der Waals surface area (Å²) in [7, 11) is 0. The molecule has 3 aromatic rings. The fourth-order valence-corrected chi connectivity index (χ4v) is 3.70. The van der Waals surface area contributed by atoms with Gasteiger partial charge in [-0.1, -0.05) is 0 Å². The van der Waals surface area contributed by atoms with E-state index in [0.717, 1.165) is 10.4 Å². The lowest BCUT2D eigenvalue weighted by atomic mass is 10.1. The molecule has 8 heteroatoms. The van der Waals surface area contributed by atoms with Gasteiger partial charge in [-0.2, -0.15) is 0 Å². The molecule has 0 fully saturated rings. The topological polar surface area (TPSA) is 85.4 Å². The first kappa shape index (κ1) is 23.3. The Bertz CT molecular complexity index is 1100. The summed E-state index contributed by atoms with van der Waals surface area (Å²) < 4.78 is 18.6. The van der Waals surface area contributed by atoms with Gasteiger partial charge in [0.15, 0.2) is 5.78 Å². The largest absolute Gasteiger partial charge is 0.439 e. The zero-order valence-electron chi connectivity index (χ0n) is 17.6. The molecule has 0 aliphatic rings. The van der Waals surface area contributed by atoms with Crippen molar-refractivity contribution >= 4 is 28.8 Å². The molecule has 0 aliphatic carbocycles. The van der Waals surface area contributed by atoms with Gasteiger partial charge in [-0.25, -0.2) is 9.37 Å². The van der Waals surface area contributed by atoms with Crippen LogP contribution in [-0.4, -0.2) is 22.5 Å². The Morgan fingerprint density at radius 2 is 1.75 bits per heavy atom. The van der Waals surface area contributed by atoms with Crippen LogP contribution in [0, 0.1) is 12.7 Å². The molecule has 1 N–H and O–H groups in total. The fraction of sp³-hybridized carbons (Fsp3) is 0.250. The highest BCUT2D eigenvalue weighted by atomic mass is 32.1. The van der Waals surface area contributed by atoms with Crippen LogP contribution in [0.4, 0.5) is 4.39 Å². The van der Waals surface area contributed by atoms with Crippen LogP contribution in [0.15, 0.2) is 54.7 Å². The monoisotopic (exact) mass is 454 g/mol. The summed E-state index contributed by atoms with van der Waals surface area (Å²) in [5.41, 5.74) is 0.772. The predicted molar refractivity (Wildman–Crippen MR) is 119 cm³/mol. The van der Waals surface area contributed by atoms with Crippen LogP contribution in [0.1, 0.15) is 45.8 Å². The fourth-order valence-electron chi connectivity index (χ4n) is 2.87. The van der Waals surface area contributed by atoms with Crippen LogP contribution in [-0.2, 0) is 16.1 Å². The molecule has 0 atom stereocenters. The van der Waals surface area contributed by atoms with Crippen LogP contribution in [0.5, 0.6) is 11.6 Å². The molecule has 0 aliphatic heterocycles. The highest BCUT2D eigenvalue weighted by molar-refractivity contribution is 7.14. The number of ketones is 2. The van der Waals surface area contributed by atoms with E-state index in [1.165, 1.54) is 35.6 Å². The summed E-state index contributed by atoms with van der Waals surface area (Å²) >= 11 is 1.42. The number of nitrogens with one attached hydrogen (secondary N) is 1. The molecule has 1 aromatic carbocycles. The average Bonchev–Trinajstić information content (AvgIpc) is 3.23. The average molecular weight is 455 g/mol. The van der Waals surface area contributed by atoms with Crippen LogP contribution < -0.4 is 10.1 Å². The highest BCUT2D eigenvalue weighted by Crippen LogP contribution is 2.20. The maximum atomic E-state index is 13.0. The molecule has 32 heavy (non-hydrogen) atoms. The number of hydrogen-bond donors (Lipinski definition) is 1. The van der Waals surface area contributed by atoms with Crippen molar-refractivity contribution in [3.63, 3.8) is 0 Å². The first-order valence-electron chi connectivity index (χ1n) is 10.2. The molecule has 6 nitrogen and oxygen atoms in total. The number of benzene rings is 1. The second kappa shape index (κ2) is 11.3. The van der Waals surface area contributed by atoms with Gasteiger partial charge >= 0.3 is 0 Å². The Hall–Kier alpha value is -3.39. The van der Waals surface area contributed by atoms with Gasteiger partial charge in [-0.15, -0.1) is 11.3 Å². The van der Waals surface area contributed by atoms with Crippen LogP contribution in [0.3, 0.4) is 0 Å². The minimum atomic E-state index is -0.357. The summed E-state index contributed by atoms with van der Waals surface area (Å²) in [6, 6.07) is 12.6. The maximum Gasteiger partial charge on any atom is 0.220 e. The number of nitrogens with zero attached hydrogens (tertiary/aromatic N) is 1. The Balaban J connectivity index is 1.38. The summed E-state index contributed by atoms with van der Waals surface area (Å²) in [5, 5.41) is 2.76. The number of pyridine rings is 1. The second-order valence-electron chi connectivity index (χ2n) is 7.21. The molecular formula is C24H23FN2O4S. The normalized spacial score (nSPS) is 10.6. The van der Waals surface area contributed by atoms with Crippen molar-refractivity contribution in [3.05, 3.63) is 75.9 Å². The lowest BCUT2D eigenvalue weighted by Crippen LogP contribution is -2.23. The van der Waals surface area contributed by atoms with Gasteiger partial charge in [0.05, 0.1) is 4.88 Å². The van der Waals surface area contributed by atoms with Crippen molar-refractivity contribution in [3.8, 4) is 11.6 Å². The SMILES string of the molecule is Cc1ccc(C(=O)CCC(=O)CCC(=O)NCc2ccnc(Oc3ccc(F)cc3)c2)s1. The Kier molecular flexibility index (Phi) is 8.21. The van der Waals surface area contributed by atoms with Crippen molar-refractivity contribution in [2.24, 2.45) is 0 Å². The molecular weight excluding hydrogens is 431 g/mol. The lowest BCUT2D eigenvalue weighted by molar-refractivity contribution is -0.125. The van der Waals surface area contributed by atoms with Gasteiger partial charge in [0.1, 0.15) is 17.3 Å². The van der Waals surface area contributed by atoms with E-state index in [-0.39, 0.29) is 55.5 Å². The standard InChI is InChI=1S/C24H23FN2O4S/c1-16-2-10-22(32-16)21(29)9-5-19(28)6-11-23(30)27-15-17-12-13-26-24(14-17)31-20-7-3-18(25)4-8-20/h2-4,7-8,10,12-14H,5-6,9,11,15H2,1H3,(H,27,30). The number of aromatic nitrogens is 1. The number of ether oxygens (including phenoxy) is 1. The molecule has 0 saturated heterocycles. The Morgan fingerprint density at radius 3 is 2.47 bits per heavy atom. The van der Waals surface area contributed by atoms with Gasteiger partial charge in [0.2, 0.25) is 11.8 Å². The Morgan fingerprint density at radius 1 is 1.00 bits per heavy atom. The number of Topliss-reactive ketones (excluding diaryl/α,β-unsaturated/α-hetero) is 2. The predicted octanol–water partition coefficient (Wildman–Crippen LogP) is 5.01. The van der Waals surface area contributed by atoms with Crippen molar-refractivity contribution < 1.29 is 23.5 Å². The van der Waals surface area contributed by atoms with E-state index in [9.17, 15) is 18.8 Å². The van der Waals surface area contributed by atoms with Crippen LogP contribution >= 0.6 is 11.3 Å².